The molecule has 136 valence electrons. The Hall–Kier alpha value is -1.54. The van der Waals surface area contributed by atoms with Crippen LogP contribution in [-0.2, 0) is 9.47 Å². The highest BCUT2D eigenvalue weighted by molar-refractivity contribution is 5.16. The van der Waals surface area contributed by atoms with E-state index in [1.165, 1.54) is 0 Å². The van der Waals surface area contributed by atoms with Gasteiger partial charge in [-0.1, -0.05) is 0 Å². The van der Waals surface area contributed by atoms with Gasteiger partial charge >= 0.3 is 36.5 Å². The van der Waals surface area contributed by atoms with E-state index in [0.29, 0.717) is 0 Å². The molecule has 15 heteroatoms. The predicted octanol–water partition coefficient (Wildman–Crippen LogP) is 4.04. The van der Waals surface area contributed by atoms with Crippen molar-refractivity contribution in [1.29, 1.82) is 0 Å². The fraction of sp³-hybridized carbons (Fsp3) is 0.750. The second-order valence-corrected chi connectivity index (χ2v) is 3.88. The summed E-state index contributed by atoms with van der Waals surface area (Å²) in [5, 5.41) is 0. The van der Waals surface area contributed by atoms with Crippen molar-refractivity contribution in [1.82, 2.24) is 4.90 Å². The molecule has 0 aromatic rings. The summed E-state index contributed by atoms with van der Waals surface area (Å²) in [5.41, 5.74) is -3.88. The normalized spacial score (nSPS) is 26.6. The first-order valence-corrected chi connectivity index (χ1v) is 4.96. The highest BCUT2D eigenvalue weighted by Crippen LogP contribution is 2.59. The lowest BCUT2D eigenvalue weighted by Gasteiger charge is -2.48. The molecule has 0 aromatic carbocycles. The molecule has 0 aromatic heterocycles. The molecule has 0 amide bonds. The van der Waals surface area contributed by atoms with Crippen molar-refractivity contribution in [2.75, 3.05) is 7.11 Å². The molecule has 0 N–H and O–H groups in total. The zero-order valence-electron chi connectivity index (χ0n) is 10.3. The molecule has 0 atom stereocenters. The van der Waals surface area contributed by atoms with Crippen molar-refractivity contribution >= 4 is 0 Å². The summed E-state index contributed by atoms with van der Waals surface area (Å²) < 4.78 is 160. The maximum Gasteiger partial charge on any atom is 0.445 e. The second kappa shape index (κ2) is 4.98. The topological polar surface area (TPSA) is 21.7 Å². The standard InChI is InChI=1S/C8H3F12NO2/c1-22-3(9)2(4(10,11)12)21-5(13,14)7(17,18)23-8(19,20)6(21,15)16/h1H3/b3-2+. The maximum atomic E-state index is 13.2. The minimum Gasteiger partial charge on any atom is -0.473 e. The van der Waals surface area contributed by atoms with Crippen LogP contribution in [0.15, 0.2) is 11.7 Å². The molecule has 0 spiro atoms. The quantitative estimate of drug-likeness (QED) is 0.415. The minimum atomic E-state index is -6.71. The van der Waals surface area contributed by atoms with Crippen LogP contribution in [0.3, 0.4) is 0 Å². The predicted molar refractivity (Wildman–Crippen MR) is 43.9 cm³/mol. The van der Waals surface area contributed by atoms with Gasteiger partial charge in [0, 0.05) is 0 Å². The number of hydrogen-bond acceptors (Lipinski definition) is 3. The number of nitrogens with zero attached hydrogens (tertiary/aromatic N) is 1. The van der Waals surface area contributed by atoms with E-state index in [1.807, 2.05) is 4.74 Å². The van der Waals surface area contributed by atoms with Crippen LogP contribution in [0.1, 0.15) is 0 Å². The van der Waals surface area contributed by atoms with E-state index in [4.69, 9.17) is 0 Å². The van der Waals surface area contributed by atoms with Gasteiger partial charge in [-0.2, -0.15) is 52.7 Å². The van der Waals surface area contributed by atoms with Crippen LogP contribution in [0, 0.1) is 0 Å². The largest absolute Gasteiger partial charge is 0.473 e. The molecule has 1 rings (SSSR count). The summed E-state index contributed by atoms with van der Waals surface area (Å²) in [6.45, 7) is 0. The lowest BCUT2D eigenvalue weighted by molar-refractivity contribution is -0.560. The SMILES string of the molecule is CO/C(F)=C(/N1C(F)(F)C(F)(F)OC(F)(F)C1(F)F)C(F)(F)F. The summed E-state index contributed by atoms with van der Waals surface area (Å²) in [6.07, 6.45) is -19.6. The Kier molecular flexibility index (Phi) is 4.22. The van der Waals surface area contributed by atoms with E-state index in [2.05, 4.69) is 4.74 Å². The van der Waals surface area contributed by atoms with Crippen LogP contribution in [0.25, 0.3) is 0 Å². The summed E-state index contributed by atoms with van der Waals surface area (Å²) in [5.74, 6) is 0. The smallest absolute Gasteiger partial charge is 0.445 e. The maximum absolute atomic E-state index is 13.2. The third kappa shape index (κ3) is 2.74. The van der Waals surface area contributed by atoms with Gasteiger partial charge in [0.05, 0.1) is 7.11 Å². The van der Waals surface area contributed by atoms with Gasteiger partial charge in [-0.25, -0.2) is 9.64 Å². The van der Waals surface area contributed by atoms with Gasteiger partial charge in [-0.05, 0) is 0 Å². The number of halogens is 12. The highest BCUT2D eigenvalue weighted by atomic mass is 19.4. The van der Waals surface area contributed by atoms with Crippen LogP contribution < -0.4 is 0 Å². The first-order chi connectivity index (χ1) is 9.93. The van der Waals surface area contributed by atoms with E-state index in [9.17, 15) is 52.7 Å². The van der Waals surface area contributed by atoms with E-state index in [1.54, 1.807) is 0 Å². The summed E-state index contributed by atoms with van der Waals surface area (Å²) in [4.78, 5) is -3.11. The van der Waals surface area contributed by atoms with Crippen LogP contribution in [0.2, 0.25) is 0 Å². The zero-order chi connectivity index (χ0) is 18.6. The van der Waals surface area contributed by atoms with Crippen LogP contribution in [-0.4, -0.2) is 42.5 Å². The van der Waals surface area contributed by atoms with Crippen molar-refractivity contribution in [2.24, 2.45) is 0 Å². The number of alkyl halides is 11. The Morgan fingerprint density at radius 1 is 0.870 bits per heavy atom. The van der Waals surface area contributed by atoms with Crippen molar-refractivity contribution in [3.05, 3.63) is 11.7 Å². The number of ether oxygens (including phenoxy) is 2. The van der Waals surface area contributed by atoms with Gasteiger partial charge in [0.2, 0.25) is 5.70 Å². The Morgan fingerprint density at radius 2 is 1.22 bits per heavy atom. The molecule has 1 fully saturated rings. The lowest BCUT2D eigenvalue weighted by Crippen LogP contribution is -2.74. The minimum absolute atomic E-state index is 0.0219. The Balaban J connectivity index is 3.79. The Labute approximate surface area is 118 Å². The molecule has 0 bridgehead atoms. The van der Waals surface area contributed by atoms with Gasteiger partial charge in [-0.3, -0.25) is 0 Å². The number of allylic oxidation sites excluding steroid dienone is 1. The fourth-order valence-corrected chi connectivity index (χ4v) is 1.42. The molecule has 1 heterocycles. The molecule has 1 aliphatic rings. The molecule has 0 unspecified atom stereocenters. The van der Waals surface area contributed by atoms with Gasteiger partial charge in [0.1, 0.15) is 0 Å². The number of hydrogen-bond donors (Lipinski definition) is 0. The monoisotopic (exact) mass is 373 g/mol. The molecule has 0 radical (unpaired) electrons. The van der Waals surface area contributed by atoms with Crippen LogP contribution in [0.4, 0.5) is 52.7 Å². The molecular formula is C8H3F12NO2. The van der Waals surface area contributed by atoms with E-state index in [0.717, 1.165) is 0 Å². The average molecular weight is 373 g/mol. The molecule has 0 aliphatic carbocycles. The van der Waals surface area contributed by atoms with E-state index < -0.39 is 47.1 Å². The fourth-order valence-electron chi connectivity index (χ4n) is 1.42. The molecular weight excluding hydrogens is 370 g/mol. The lowest BCUT2D eigenvalue weighted by atomic mass is 10.2. The van der Waals surface area contributed by atoms with Gasteiger partial charge in [0.25, 0.3) is 0 Å². The van der Waals surface area contributed by atoms with Gasteiger partial charge in [-0.15, -0.1) is 0 Å². The van der Waals surface area contributed by atoms with Crippen LogP contribution in [0.5, 0.6) is 0 Å². The third-order valence-electron chi connectivity index (χ3n) is 2.38. The Morgan fingerprint density at radius 3 is 1.48 bits per heavy atom. The van der Waals surface area contributed by atoms with Gasteiger partial charge in [0.15, 0.2) is 0 Å². The Bertz CT molecular complexity index is 484. The zero-order valence-corrected chi connectivity index (χ0v) is 10.3. The molecule has 1 saturated heterocycles. The van der Waals surface area contributed by atoms with E-state index in [-0.39, 0.29) is 7.11 Å². The summed E-state index contributed by atoms with van der Waals surface area (Å²) >= 11 is 0. The first kappa shape index (κ1) is 19.5. The van der Waals surface area contributed by atoms with Crippen molar-refractivity contribution < 1.29 is 62.2 Å². The second-order valence-electron chi connectivity index (χ2n) is 3.88. The number of morpholine rings is 1. The van der Waals surface area contributed by atoms with Gasteiger partial charge < -0.3 is 4.74 Å². The number of methoxy groups -OCH3 is 1. The molecule has 3 nitrogen and oxygen atoms in total. The molecule has 23 heavy (non-hydrogen) atoms. The molecule has 0 saturated carbocycles. The van der Waals surface area contributed by atoms with Crippen LogP contribution >= 0.6 is 0 Å². The summed E-state index contributed by atoms with van der Waals surface area (Å²) in [6, 6.07) is -16.7. The third-order valence-corrected chi connectivity index (χ3v) is 2.38. The van der Waals surface area contributed by atoms with Crippen molar-refractivity contribution in [3.63, 3.8) is 0 Å². The van der Waals surface area contributed by atoms with Crippen molar-refractivity contribution in [2.45, 2.75) is 30.5 Å². The molecule has 1 aliphatic heterocycles. The summed E-state index contributed by atoms with van der Waals surface area (Å²) in [7, 11) is 0.0219. The number of rotatable bonds is 2. The van der Waals surface area contributed by atoms with Crippen molar-refractivity contribution in [3.8, 4) is 0 Å². The van der Waals surface area contributed by atoms with E-state index >= 15 is 0 Å². The first-order valence-electron chi connectivity index (χ1n) is 4.96. The highest BCUT2D eigenvalue weighted by Gasteiger charge is 2.84. The average Bonchev–Trinajstić information content (AvgIpc) is 2.29.